The van der Waals surface area contributed by atoms with E-state index in [0.717, 1.165) is 16.8 Å². The number of pyridine rings is 1. The summed E-state index contributed by atoms with van der Waals surface area (Å²) in [6, 6.07) is 1.60. The van der Waals surface area contributed by atoms with Crippen molar-refractivity contribution in [2.75, 3.05) is 5.32 Å². The summed E-state index contributed by atoms with van der Waals surface area (Å²) in [4.78, 5) is 15.9. The second-order valence-corrected chi connectivity index (χ2v) is 3.93. The van der Waals surface area contributed by atoms with Crippen LogP contribution in [0.4, 0.5) is 5.69 Å². The molecule has 0 saturated heterocycles. The van der Waals surface area contributed by atoms with Crippen molar-refractivity contribution in [2.24, 2.45) is 0 Å². The van der Waals surface area contributed by atoms with Crippen molar-refractivity contribution in [1.29, 1.82) is 0 Å². The molecule has 0 spiro atoms. The van der Waals surface area contributed by atoms with Crippen LogP contribution < -0.4 is 5.32 Å². The Morgan fingerprint density at radius 1 is 1.24 bits per heavy atom. The van der Waals surface area contributed by atoms with Crippen LogP contribution >= 0.6 is 0 Å². The van der Waals surface area contributed by atoms with Gasteiger partial charge >= 0.3 is 0 Å². The van der Waals surface area contributed by atoms with E-state index in [2.05, 4.69) is 15.5 Å². The van der Waals surface area contributed by atoms with Gasteiger partial charge in [0.25, 0.3) is 5.91 Å². The average Bonchev–Trinajstić information content (AvgIpc) is 2.70. The molecular formula is C12H13N3O2. The van der Waals surface area contributed by atoms with Gasteiger partial charge in [0.05, 0.1) is 0 Å². The van der Waals surface area contributed by atoms with Crippen molar-refractivity contribution in [3.05, 3.63) is 41.0 Å². The number of nitrogens with one attached hydrogen (secondary N) is 1. The van der Waals surface area contributed by atoms with Crippen LogP contribution in [0.2, 0.25) is 0 Å². The van der Waals surface area contributed by atoms with E-state index in [1.54, 1.807) is 25.4 Å². The van der Waals surface area contributed by atoms with E-state index < -0.39 is 0 Å². The number of aryl methyl sites for hydroxylation is 3. The Balaban J connectivity index is 2.24. The molecule has 0 saturated carbocycles. The first-order valence-corrected chi connectivity index (χ1v) is 5.24. The van der Waals surface area contributed by atoms with Crippen molar-refractivity contribution >= 4 is 11.6 Å². The molecule has 0 aliphatic heterocycles. The second-order valence-electron chi connectivity index (χ2n) is 3.93. The minimum absolute atomic E-state index is 0.276. The Bertz CT molecular complexity index is 540. The zero-order chi connectivity index (χ0) is 12.4. The predicted octanol–water partition coefficient (Wildman–Crippen LogP) is 2.25. The van der Waals surface area contributed by atoms with Crippen molar-refractivity contribution in [1.82, 2.24) is 10.1 Å². The van der Waals surface area contributed by atoms with Gasteiger partial charge in [0.15, 0.2) is 5.69 Å². The standard InChI is InChI=1S/C12H13N3O2/c1-7-5-13-6-8(2)11(7)14-12(16)10-4-9(3)17-15-10/h4-6H,1-3H3,(H,13,14,16). The van der Waals surface area contributed by atoms with Crippen LogP contribution in [0.15, 0.2) is 23.0 Å². The highest BCUT2D eigenvalue weighted by Gasteiger charge is 2.13. The first-order valence-electron chi connectivity index (χ1n) is 5.24. The van der Waals surface area contributed by atoms with Crippen molar-refractivity contribution in [2.45, 2.75) is 20.8 Å². The number of anilines is 1. The van der Waals surface area contributed by atoms with Gasteiger partial charge in [0.1, 0.15) is 5.76 Å². The first kappa shape index (κ1) is 11.3. The zero-order valence-corrected chi connectivity index (χ0v) is 9.94. The third-order valence-corrected chi connectivity index (χ3v) is 2.42. The minimum Gasteiger partial charge on any atom is -0.361 e. The molecule has 0 aliphatic carbocycles. The average molecular weight is 231 g/mol. The molecule has 0 unspecified atom stereocenters. The molecule has 17 heavy (non-hydrogen) atoms. The molecular weight excluding hydrogens is 218 g/mol. The summed E-state index contributed by atoms with van der Waals surface area (Å²) < 4.78 is 4.86. The molecule has 0 aliphatic rings. The van der Waals surface area contributed by atoms with Gasteiger partial charge in [0.2, 0.25) is 0 Å². The number of amides is 1. The van der Waals surface area contributed by atoms with E-state index in [9.17, 15) is 4.79 Å². The molecule has 2 aromatic rings. The van der Waals surface area contributed by atoms with Crippen LogP contribution in [0.25, 0.3) is 0 Å². The smallest absolute Gasteiger partial charge is 0.277 e. The van der Waals surface area contributed by atoms with Gasteiger partial charge in [-0.3, -0.25) is 9.78 Å². The monoisotopic (exact) mass is 231 g/mol. The second kappa shape index (κ2) is 4.37. The highest BCUT2D eigenvalue weighted by molar-refractivity contribution is 6.03. The fourth-order valence-corrected chi connectivity index (χ4v) is 1.55. The fourth-order valence-electron chi connectivity index (χ4n) is 1.55. The summed E-state index contributed by atoms with van der Waals surface area (Å²) >= 11 is 0. The Labute approximate surface area is 98.8 Å². The number of carbonyl (C=O) groups excluding carboxylic acids is 1. The van der Waals surface area contributed by atoms with Gasteiger partial charge in [-0.05, 0) is 31.9 Å². The summed E-state index contributed by atoms with van der Waals surface area (Å²) in [6.07, 6.45) is 3.41. The molecule has 1 amide bonds. The van der Waals surface area contributed by atoms with Crippen LogP contribution in [0.1, 0.15) is 27.4 Å². The van der Waals surface area contributed by atoms with Gasteiger partial charge in [-0.25, -0.2) is 0 Å². The van der Waals surface area contributed by atoms with E-state index in [-0.39, 0.29) is 11.6 Å². The normalized spacial score (nSPS) is 10.3. The first-order chi connectivity index (χ1) is 8.08. The maximum absolute atomic E-state index is 11.9. The van der Waals surface area contributed by atoms with Crippen LogP contribution in [-0.2, 0) is 0 Å². The maximum Gasteiger partial charge on any atom is 0.277 e. The SMILES string of the molecule is Cc1cc(C(=O)Nc2c(C)cncc2C)no1. The lowest BCUT2D eigenvalue weighted by atomic mass is 10.1. The van der Waals surface area contributed by atoms with Crippen molar-refractivity contribution in [3.63, 3.8) is 0 Å². The molecule has 0 radical (unpaired) electrons. The lowest BCUT2D eigenvalue weighted by Crippen LogP contribution is -2.14. The Kier molecular flexibility index (Phi) is 2.91. The third-order valence-electron chi connectivity index (χ3n) is 2.42. The number of nitrogens with zero attached hydrogens (tertiary/aromatic N) is 2. The molecule has 0 aromatic carbocycles. The number of carbonyl (C=O) groups is 1. The highest BCUT2D eigenvalue weighted by atomic mass is 16.5. The largest absolute Gasteiger partial charge is 0.361 e. The minimum atomic E-state index is -0.278. The van der Waals surface area contributed by atoms with Crippen molar-refractivity contribution in [3.8, 4) is 0 Å². The topological polar surface area (TPSA) is 68.0 Å². The van der Waals surface area contributed by atoms with Gasteiger partial charge < -0.3 is 9.84 Å². The van der Waals surface area contributed by atoms with Gasteiger partial charge in [-0.1, -0.05) is 5.16 Å². The zero-order valence-electron chi connectivity index (χ0n) is 9.94. The molecule has 5 nitrogen and oxygen atoms in total. The summed E-state index contributed by atoms with van der Waals surface area (Å²) in [5.74, 6) is 0.331. The quantitative estimate of drug-likeness (QED) is 0.860. The number of aromatic nitrogens is 2. The predicted molar refractivity (Wildman–Crippen MR) is 62.9 cm³/mol. The van der Waals surface area contributed by atoms with E-state index in [1.165, 1.54) is 0 Å². The van der Waals surface area contributed by atoms with Gasteiger partial charge in [-0.2, -0.15) is 0 Å². The van der Waals surface area contributed by atoms with E-state index in [4.69, 9.17) is 4.52 Å². The molecule has 5 heteroatoms. The highest BCUT2D eigenvalue weighted by Crippen LogP contribution is 2.18. The van der Waals surface area contributed by atoms with Crippen LogP contribution in [0.3, 0.4) is 0 Å². The molecule has 0 bridgehead atoms. The van der Waals surface area contributed by atoms with Gasteiger partial charge in [0, 0.05) is 24.1 Å². The molecule has 2 heterocycles. The summed E-state index contributed by atoms with van der Waals surface area (Å²) in [6.45, 7) is 5.53. The van der Waals surface area contributed by atoms with Crippen LogP contribution in [0, 0.1) is 20.8 Å². The summed E-state index contributed by atoms with van der Waals surface area (Å²) in [7, 11) is 0. The molecule has 2 aromatic heterocycles. The lowest BCUT2D eigenvalue weighted by molar-refractivity contribution is 0.101. The Hall–Kier alpha value is -2.17. The van der Waals surface area contributed by atoms with E-state index >= 15 is 0 Å². The molecule has 2 rings (SSSR count). The number of hydrogen-bond acceptors (Lipinski definition) is 4. The van der Waals surface area contributed by atoms with Gasteiger partial charge in [-0.15, -0.1) is 0 Å². The van der Waals surface area contributed by atoms with Crippen LogP contribution in [0.5, 0.6) is 0 Å². The number of hydrogen-bond donors (Lipinski definition) is 1. The van der Waals surface area contributed by atoms with Crippen molar-refractivity contribution < 1.29 is 9.32 Å². The third kappa shape index (κ3) is 2.33. The molecule has 1 N–H and O–H groups in total. The molecule has 0 atom stereocenters. The summed E-state index contributed by atoms with van der Waals surface area (Å²) in [5, 5.41) is 6.48. The Morgan fingerprint density at radius 2 is 1.88 bits per heavy atom. The van der Waals surface area contributed by atoms with Crippen LogP contribution in [-0.4, -0.2) is 16.0 Å². The van der Waals surface area contributed by atoms with E-state index in [1.807, 2.05) is 13.8 Å². The lowest BCUT2D eigenvalue weighted by Gasteiger charge is -2.09. The van der Waals surface area contributed by atoms with E-state index in [0.29, 0.717) is 5.76 Å². The Morgan fingerprint density at radius 3 is 2.41 bits per heavy atom. The molecule has 88 valence electrons. The fraction of sp³-hybridized carbons (Fsp3) is 0.250. The maximum atomic E-state index is 11.9. The number of rotatable bonds is 2. The summed E-state index contributed by atoms with van der Waals surface area (Å²) in [5.41, 5.74) is 2.88. The molecule has 0 fully saturated rings.